The number of quaternary nitrogens is 1. The minimum absolute atomic E-state index is 0. The fourth-order valence-corrected chi connectivity index (χ4v) is 1.61. The van der Waals surface area contributed by atoms with Crippen molar-refractivity contribution in [3.05, 3.63) is 48.0 Å². The predicted octanol–water partition coefficient (Wildman–Crippen LogP) is -0.266. The van der Waals surface area contributed by atoms with E-state index in [1.807, 2.05) is 18.2 Å². The third-order valence-corrected chi connectivity index (χ3v) is 3.03. The lowest BCUT2D eigenvalue weighted by molar-refractivity contribution is -0.936. The molecule has 0 aliphatic heterocycles. The molecule has 0 radical (unpaired) electrons. The van der Waals surface area contributed by atoms with Crippen LogP contribution in [-0.4, -0.2) is 30.8 Å². The van der Waals surface area contributed by atoms with E-state index in [0.29, 0.717) is 16.8 Å². The summed E-state index contributed by atoms with van der Waals surface area (Å²) in [7, 11) is 2.08. The summed E-state index contributed by atoms with van der Waals surface area (Å²) in [5.74, 6) is -0.319. The molecule has 0 saturated carbocycles. The lowest BCUT2D eigenvalue weighted by Crippen LogP contribution is -3.00. The van der Waals surface area contributed by atoms with Crippen LogP contribution in [0, 0.1) is 0 Å². The molecule has 0 aromatic heterocycles. The van der Waals surface area contributed by atoms with E-state index in [1.165, 1.54) is 5.56 Å². The van der Waals surface area contributed by atoms with E-state index < -0.39 is 0 Å². The molecule has 0 bridgehead atoms. The average molecular weight is 284 g/mol. The van der Waals surface area contributed by atoms with Crippen molar-refractivity contribution in [3.8, 4) is 0 Å². The van der Waals surface area contributed by atoms with Gasteiger partial charge in [0.1, 0.15) is 6.54 Å². The van der Waals surface area contributed by atoms with Crippen LogP contribution >= 0.6 is 0 Å². The molecule has 19 heavy (non-hydrogen) atoms. The summed E-state index contributed by atoms with van der Waals surface area (Å²) in [6.07, 6.45) is 0. The molecule has 0 N–H and O–H groups in total. The topological polar surface area (TPSA) is 26.3 Å². The van der Waals surface area contributed by atoms with Crippen molar-refractivity contribution in [3.63, 3.8) is 0 Å². The molecule has 4 heteroatoms. The van der Waals surface area contributed by atoms with E-state index >= 15 is 0 Å². The normalized spacial score (nSPS) is 13.0. The van der Waals surface area contributed by atoms with E-state index in [0.717, 1.165) is 13.1 Å². The number of carbonyl (C=O) groups is 1. The smallest absolute Gasteiger partial charge is 0.337 e. The number of hydrogen-bond acceptors (Lipinski definition) is 2. The molecule has 0 amide bonds. The highest BCUT2D eigenvalue weighted by atomic mass is 35.5. The predicted molar refractivity (Wildman–Crippen MR) is 72.6 cm³/mol. The van der Waals surface area contributed by atoms with Crippen LogP contribution in [0.1, 0.15) is 19.4 Å². The van der Waals surface area contributed by atoms with Gasteiger partial charge in [-0.15, -0.1) is 0 Å². The Bertz CT molecular complexity index is 419. The van der Waals surface area contributed by atoms with Crippen molar-refractivity contribution >= 4 is 5.97 Å². The Hall–Kier alpha value is -1.32. The zero-order valence-corrected chi connectivity index (χ0v) is 12.6. The summed E-state index contributed by atoms with van der Waals surface area (Å²) in [5, 5.41) is 0. The van der Waals surface area contributed by atoms with E-state index in [1.54, 1.807) is 6.92 Å². The van der Waals surface area contributed by atoms with E-state index in [2.05, 4.69) is 32.7 Å². The number of ether oxygens (including phenoxy) is 1. The minimum atomic E-state index is -0.319. The lowest BCUT2D eigenvalue weighted by atomic mass is 10.2. The standard InChI is InChI=1S/C15H22NO2.ClH/c1-5-16(4,12-18-15(17)13(2)3)11-14-9-7-6-8-10-14;/h6-10H,2,5,11-12H2,1,3-4H3;1H/q+1;/p-1. The van der Waals surface area contributed by atoms with Gasteiger partial charge in [-0.2, -0.15) is 0 Å². The third-order valence-electron chi connectivity index (χ3n) is 3.03. The van der Waals surface area contributed by atoms with Gasteiger partial charge in [0.05, 0.1) is 13.6 Å². The number of esters is 1. The Morgan fingerprint density at radius 3 is 2.37 bits per heavy atom. The summed E-state index contributed by atoms with van der Waals surface area (Å²) >= 11 is 0. The van der Waals surface area contributed by atoms with E-state index in [4.69, 9.17) is 4.74 Å². The molecule has 3 nitrogen and oxygen atoms in total. The molecule has 1 aromatic rings. The van der Waals surface area contributed by atoms with Gasteiger partial charge in [0.2, 0.25) is 6.73 Å². The highest BCUT2D eigenvalue weighted by molar-refractivity contribution is 5.86. The van der Waals surface area contributed by atoms with Gasteiger partial charge in [0.25, 0.3) is 0 Å². The first-order valence-electron chi connectivity index (χ1n) is 6.17. The van der Waals surface area contributed by atoms with Crippen LogP contribution in [0.3, 0.4) is 0 Å². The summed E-state index contributed by atoms with van der Waals surface area (Å²) < 4.78 is 5.94. The molecule has 0 saturated heterocycles. The molecule has 1 unspecified atom stereocenters. The molecule has 106 valence electrons. The fraction of sp³-hybridized carbons (Fsp3) is 0.400. The van der Waals surface area contributed by atoms with Gasteiger partial charge in [0, 0.05) is 11.1 Å². The third kappa shape index (κ3) is 5.90. The molecular formula is C15H22ClNO2. The van der Waals surface area contributed by atoms with Crippen molar-refractivity contribution < 1.29 is 26.4 Å². The first kappa shape index (κ1) is 17.7. The van der Waals surface area contributed by atoms with Gasteiger partial charge in [-0.05, 0) is 13.8 Å². The monoisotopic (exact) mass is 283 g/mol. The van der Waals surface area contributed by atoms with Crippen LogP contribution < -0.4 is 12.4 Å². The second kappa shape index (κ2) is 7.97. The highest BCUT2D eigenvalue weighted by Crippen LogP contribution is 2.12. The molecule has 1 aromatic carbocycles. The number of rotatable bonds is 6. The Morgan fingerprint density at radius 2 is 1.89 bits per heavy atom. The number of hydrogen-bond donors (Lipinski definition) is 0. The molecule has 0 heterocycles. The van der Waals surface area contributed by atoms with Crippen molar-refractivity contribution in [2.45, 2.75) is 20.4 Å². The van der Waals surface area contributed by atoms with Crippen molar-refractivity contribution in [2.75, 3.05) is 20.3 Å². The highest BCUT2D eigenvalue weighted by Gasteiger charge is 2.22. The second-order valence-corrected chi connectivity index (χ2v) is 4.92. The SMILES string of the molecule is C=C(C)C(=O)OC[N+](C)(CC)Cc1ccccc1.[Cl-]. The van der Waals surface area contributed by atoms with Crippen LogP contribution in [-0.2, 0) is 16.1 Å². The van der Waals surface area contributed by atoms with Crippen LogP contribution in [0.25, 0.3) is 0 Å². The quantitative estimate of drug-likeness (QED) is 0.311. The summed E-state index contributed by atoms with van der Waals surface area (Å²) in [4.78, 5) is 11.4. The maximum atomic E-state index is 11.4. The van der Waals surface area contributed by atoms with Crippen molar-refractivity contribution in [1.29, 1.82) is 0 Å². The van der Waals surface area contributed by atoms with Crippen molar-refractivity contribution in [2.24, 2.45) is 0 Å². The van der Waals surface area contributed by atoms with Gasteiger partial charge in [-0.1, -0.05) is 36.9 Å². The molecule has 0 aliphatic rings. The van der Waals surface area contributed by atoms with Gasteiger partial charge in [0.15, 0.2) is 0 Å². The second-order valence-electron chi connectivity index (χ2n) is 4.92. The van der Waals surface area contributed by atoms with Crippen LogP contribution in [0.5, 0.6) is 0 Å². The van der Waals surface area contributed by atoms with Crippen molar-refractivity contribution in [1.82, 2.24) is 0 Å². The first-order chi connectivity index (χ1) is 8.47. The first-order valence-corrected chi connectivity index (χ1v) is 6.17. The Morgan fingerprint density at radius 1 is 1.32 bits per heavy atom. The van der Waals surface area contributed by atoms with Gasteiger partial charge in [-0.3, -0.25) is 4.48 Å². The van der Waals surface area contributed by atoms with Gasteiger partial charge in [-0.25, -0.2) is 4.79 Å². The Kier molecular flexibility index (Phi) is 7.42. The maximum absolute atomic E-state index is 11.4. The Labute approximate surface area is 121 Å². The molecular weight excluding hydrogens is 262 g/mol. The van der Waals surface area contributed by atoms with Gasteiger partial charge >= 0.3 is 5.97 Å². The number of nitrogens with zero attached hydrogens (tertiary/aromatic N) is 1. The fourth-order valence-electron chi connectivity index (χ4n) is 1.61. The summed E-state index contributed by atoms with van der Waals surface area (Å²) in [6, 6.07) is 10.2. The zero-order valence-electron chi connectivity index (χ0n) is 11.9. The number of halogens is 1. The van der Waals surface area contributed by atoms with Crippen LogP contribution in [0.2, 0.25) is 0 Å². The summed E-state index contributed by atoms with van der Waals surface area (Å²) in [6.45, 7) is 9.46. The Balaban J connectivity index is 0.00000324. The average Bonchev–Trinajstić information content (AvgIpc) is 2.37. The van der Waals surface area contributed by atoms with E-state index in [-0.39, 0.29) is 18.4 Å². The molecule has 0 aliphatic carbocycles. The molecule has 0 fully saturated rings. The summed E-state index contributed by atoms with van der Waals surface area (Å²) in [5.41, 5.74) is 1.69. The molecule has 0 spiro atoms. The largest absolute Gasteiger partial charge is 1.00 e. The number of carbonyl (C=O) groups excluding carboxylic acids is 1. The van der Waals surface area contributed by atoms with Gasteiger partial charge < -0.3 is 17.1 Å². The zero-order chi connectivity index (χ0) is 13.6. The van der Waals surface area contributed by atoms with Crippen LogP contribution in [0.4, 0.5) is 0 Å². The molecule has 1 rings (SSSR count). The van der Waals surface area contributed by atoms with E-state index in [9.17, 15) is 4.79 Å². The number of benzene rings is 1. The lowest BCUT2D eigenvalue weighted by Gasteiger charge is -2.32. The molecule has 1 atom stereocenters. The maximum Gasteiger partial charge on any atom is 0.337 e. The van der Waals surface area contributed by atoms with Crippen LogP contribution in [0.15, 0.2) is 42.5 Å². The minimum Gasteiger partial charge on any atom is -1.00 e.